The Bertz CT molecular complexity index is 1580. The van der Waals surface area contributed by atoms with Crippen LogP contribution >= 0.6 is 15.9 Å². The number of ether oxygens (including phenoxy) is 3. The molecule has 0 bridgehead atoms. The maximum atomic E-state index is 13.2. The van der Waals surface area contributed by atoms with Crippen molar-refractivity contribution in [1.29, 1.82) is 0 Å². The van der Waals surface area contributed by atoms with Crippen molar-refractivity contribution in [2.45, 2.75) is 57.2 Å². The normalized spacial score (nSPS) is 15.7. The van der Waals surface area contributed by atoms with Gasteiger partial charge in [0.2, 0.25) is 17.6 Å². The molecule has 3 heterocycles. The fraction of sp³-hybridized carbons (Fsp3) is 0.424. The van der Waals surface area contributed by atoms with E-state index in [1.54, 1.807) is 20.4 Å². The fourth-order valence-corrected chi connectivity index (χ4v) is 5.95. The molecule has 0 amide bonds. The number of methoxy groups -OCH3 is 2. The van der Waals surface area contributed by atoms with E-state index in [0.717, 1.165) is 57.0 Å². The number of aryl methyl sites for hydroxylation is 1. The quantitative estimate of drug-likeness (QED) is 0.205. The highest BCUT2D eigenvalue weighted by Gasteiger charge is 2.44. The van der Waals surface area contributed by atoms with Crippen LogP contribution in [0.15, 0.2) is 53.1 Å². The summed E-state index contributed by atoms with van der Waals surface area (Å²) in [6.07, 6.45) is 5.45. The number of rotatable bonds is 11. The van der Waals surface area contributed by atoms with Gasteiger partial charge in [0, 0.05) is 51.9 Å². The Morgan fingerprint density at radius 3 is 2.43 bits per heavy atom. The second kappa shape index (κ2) is 12.5. The molecule has 1 aliphatic rings. The Morgan fingerprint density at radius 2 is 1.76 bits per heavy atom. The molecule has 0 spiro atoms. The molecule has 1 saturated carbocycles. The molecule has 1 fully saturated rings. The van der Waals surface area contributed by atoms with Crippen LogP contribution in [-0.2, 0) is 5.60 Å². The van der Waals surface area contributed by atoms with E-state index in [-0.39, 0.29) is 6.10 Å². The Kier molecular flexibility index (Phi) is 9.01. The third kappa shape index (κ3) is 6.09. The summed E-state index contributed by atoms with van der Waals surface area (Å²) in [7, 11) is 7.22. The van der Waals surface area contributed by atoms with Crippen molar-refractivity contribution in [1.82, 2.24) is 19.9 Å². The zero-order valence-electron chi connectivity index (χ0n) is 25.1. The van der Waals surface area contributed by atoms with E-state index in [1.165, 1.54) is 0 Å². The van der Waals surface area contributed by atoms with Crippen molar-refractivity contribution in [2.24, 2.45) is 0 Å². The average molecular weight is 636 g/mol. The van der Waals surface area contributed by atoms with Gasteiger partial charge in [0.05, 0.1) is 19.7 Å². The molecule has 2 unspecified atom stereocenters. The second-order valence-corrected chi connectivity index (χ2v) is 12.3. The second-order valence-electron chi connectivity index (χ2n) is 11.4. The monoisotopic (exact) mass is 634 g/mol. The summed E-state index contributed by atoms with van der Waals surface area (Å²) in [4.78, 5) is 16.1. The molecule has 3 aromatic heterocycles. The third-order valence-corrected chi connectivity index (χ3v) is 8.82. The summed E-state index contributed by atoms with van der Waals surface area (Å²) in [5, 5.41) is 14.2. The Hall–Kier alpha value is -3.27. The van der Waals surface area contributed by atoms with Gasteiger partial charge in [-0.1, -0.05) is 15.9 Å². The van der Waals surface area contributed by atoms with Gasteiger partial charge in [0.15, 0.2) is 0 Å². The first-order valence-corrected chi connectivity index (χ1v) is 15.1. The number of pyridine rings is 3. The summed E-state index contributed by atoms with van der Waals surface area (Å²) in [6, 6.07) is 13.7. The van der Waals surface area contributed by atoms with Crippen LogP contribution in [0.2, 0.25) is 0 Å². The van der Waals surface area contributed by atoms with E-state index in [9.17, 15) is 5.11 Å². The van der Waals surface area contributed by atoms with E-state index in [2.05, 4.69) is 36.9 Å². The molecule has 5 rings (SSSR count). The highest BCUT2D eigenvalue weighted by atomic mass is 79.9. The maximum absolute atomic E-state index is 13.2. The molecular weight excluding hydrogens is 596 g/mol. The van der Waals surface area contributed by atoms with Crippen molar-refractivity contribution >= 4 is 26.8 Å². The molecule has 2 atom stereocenters. The summed E-state index contributed by atoms with van der Waals surface area (Å²) >= 11 is 3.61. The van der Waals surface area contributed by atoms with Crippen LogP contribution < -0.4 is 14.2 Å². The summed E-state index contributed by atoms with van der Waals surface area (Å²) in [5.41, 5.74) is 3.62. The lowest BCUT2D eigenvalue weighted by atomic mass is 9.71. The minimum absolute atomic E-state index is 0.122. The molecule has 0 saturated heterocycles. The lowest BCUT2D eigenvalue weighted by Gasteiger charge is -2.39. The molecule has 42 heavy (non-hydrogen) atoms. The van der Waals surface area contributed by atoms with Gasteiger partial charge in [-0.25, -0.2) is 4.98 Å². The molecule has 4 aromatic rings. The SMILES string of the molecule is COc1cc(C(O)(CCN(C)C)C(c2cc3cc(Br)ccc3nc2OC)c2ccnc(C)c2C)cc(OC2CCC2)n1. The van der Waals surface area contributed by atoms with Crippen LogP contribution in [0.5, 0.6) is 17.6 Å². The summed E-state index contributed by atoms with van der Waals surface area (Å²) in [5.74, 6) is 0.720. The van der Waals surface area contributed by atoms with E-state index >= 15 is 0 Å². The molecule has 1 N–H and O–H groups in total. The first kappa shape index (κ1) is 30.2. The average Bonchev–Trinajstić information content (AvgIpc) is 2.95. The van der Waals surface area contributed by atoms with Crippen molar-refractivity contribution < 1.29 is 19.3 Å². The Labute approximate surface area is 256 Å². The highest BCUT2D eigenvalue weighted by Crippen LogP contribution is 2.49. The minimum Gasteiger partial charge on any atom is -0.481 e. The van der Waals surface area contributed by atoms with E-state index in [1.807, 2.05) is 64.3 Å². The predicted molar refractivity (Wildman–Crippen MR) is 168 cm³/mol. The van der Waals surface area contributed by atoms with Crippen LogP contribution in [0.25, 0.3) is 10.9 Å². The zero-order chi connectivity index (χ0) is 30.0. The smallest absolute Gasteiger partial charge is 0.217 e. The first-order chi connectivity index (χ1) is 20.1. The van der Waals surface area contributed by atoms with E-state index in [4.69, 9.17) is 19.2 Å². The molecule has 1 aromatic carbocycles. The number of fused-ring (bicyclic) bond motifs is 1. The van der Waals surface area contributed by atoms with Gasteiger partial charge in [0.25, 0.3) is 0 Å². The summed E-state index contributed by atoms with van der Waals surface area (Å²) < 4.78 is 18.8. The number of hydrogen-bond donors (Lipinski definition) is 1. The van der Waals surface area contributed by atoms with Crippen molar-refractivity contribution in [3.8, 4) is 17.6 Å². The van der Waals surface area contributed by atoms with Gasteiger partial charge in [-0.3, -0.25) is 4.98 Å². The zero-order valence-corrected chi connectivity index (χ0v) is 26.7. The molecule has 0 aliphatic heterocycles. The van der Waals surface area contributed by atoms with Gasteiger partial charge >= 0.3 is 0 Å². The molecule has 9 heteroatoms. The number of benzene rings is 1. The summed E-state index contributed by atoms with van der Waals surface area (Å²) in [6.45, 7) is 4.66. The third-order valence-electron chi connectivity index (χ3n) is 8.33. The van der Waals surface area contributed by atoms with Crippen LogP contribution in [0.4, 0.5) is 0 Å². The number of aliphatic hydroxyl groups is 1. The number of halogens is 1. The van der Waals surface area contributed by atoms with Crippen molar-refractivity contribution in [3.05, 3.63) is 81.1 Å². The minimum atomic E-state index is -1.44. The predicted octanol–water partition coefficient (Wildman–Crippen LogP) is 6.32. The van der Waals surface area contributed by atoms with Crippen molar-refractivity contribution in [2.75, 3.05) is 34.9 Å². The van der Waals surface area contributed by atoms with E-state index in [0.29, 0.717) is 36.2 Å². The van der Waals surface area contributed by atoms with Crippen LogP contribution in [-0.4, -0.2) is 65.9 Å². The standard InChI is InChI=1S/C33H39BrN4O4/c1-20-21(2)35-14-12-26(20)31(27-17-22-16-24(34)10-11-28(22)36-32(27)41-6)33(39,13-15-38(3)4)23-18-29(40-5)37-30(19-23)42-25-8-7-9-25/h10-12,14,16-19,25,31,39H,7-9,13,15H2,1-6H3. The first-order valence-electron chi connectivity index (χ1n) is 14.3. The fourth-order valence-electron chi connectivity index (χ4n) is 5.58. The van der Waals surface area contributed by atoms with Crippen LogP contribution in [0.1, 0.15) is 59.5 Å². The van der Waals surface area contributed by atoms with Gasteiger partial charge in [-0.05, 0) is 101 Å². The van der Waals surface area contributed by atoms with Gasteiger partial charge < -0.3 is 24.2 Å². The number of aromatic nitrogens is 3. The molecular formula is C33H39BrN4O4. The lowest BCUT2D eigenvalue weighted by molar-refractivity contribution is 0.00274. The molecule has 8 nitrogen and oxygen atoms in total. The van der Waals surface area contributed by atoms with Gasteiger partial charge in [0.1, 0.15) is 11.7 Å². The largest absolute Gasteiger partial charge is 0.481 e. The van der Waals surface area contributed by atoms with Crippen molar-refractivity contribution in [3.63, 3.8) is 0 Å². The molecule has 0 radical (unpaired) electrons. The molecule has 1 aliphatic carbocycles. The Balaban J connectivity index is 1.80. The number of hydrogen-bond acceptors (Lipinski definition) is 8. The Morgan fingerprint density at radius 1 is 1.00 bits per heavy atom. The maximum Gasteiger partial charge on any atom is 0.217 e. The van der Waals surface area contributed by atoms with Gasteiger partial charge in [-0.15, -0.1) is 0 Å². The topological polar surface area (TPSA) is 89.8 Å². The van der Waals surface area contributed by atoms with Gasteiger partial charge in [-0.2, -0.15) is 4.98 Å². The highest BCUT2D eigenvalue weighted by molar-refractivity contribution is 9.10. The lowest BCUT2D eigenvalue weighted by Crippen LogP contribution is -2.38. The van der Waals surface area contributed by atoms with E-state index < -0.39 is 11.5 Å². The number of nitrogens with zero attached hydrogens (tertiary/aromatic N) is 4. The van der Waals surface area contributed by atoms with Crippen LogP contribution in [0.3, 0.4) is 0 Å². The molecule has 222 valence electrons. The van der Waals surface area contributed by atoms with Crippen LogP contribution in [0, 0.1) is 13.8 Å².